The summed E-state index contributed by atoms with van der Waals surface area (Å²) in [5.41, 5.74) is 0.862. The predicted molar refractivity (Wildman–Crippen MR) is 132 cm³/mol. The fourth-order valence-electron chi connectivity index (χ4n) is 4.07. The number of aromatic nitrogens is 1. The average Bonchev–Trinajstić information content (AvgIpc) is 3.30. The Morgan fingerprint density at radius 1 is 1.21 bits per heavy atom. The number of rotatable bonds is 7. The Balaban J connectivity index is 1.47. The number of carbonyl (C=O) groups is 1. The van der Waals surface area contributed by atoms with Gasteiger partial charge in [-0.25, -0.2) is 4.98 Å². The number of benzene rings is 2. The average molecular weight is 480 g/mol. The summed E-state index contributed by atoms with van der Waals surface area (Å²) < 4.78 is 17.3. The summed E-state index contributed by atoms with van der Waals surface area (Å²) in [7, 11) is 1.61. The number of methoxy groups -OCH3 is 1. The van der Waals surface area contributed by atoms with Gasteiger partial charge >= 0.3 is 0 Å². The minimum Gasteiger partial charge on any atom is -0.497 e. The largest absolute Gasteiger partial charge is 0.497 e. The van der Waals surface area contributed by atoms with Gasteiger partial charge in [0.1, 0.15) is 23.2 Å². The summed E-state index contributed by atoms with van der Waals surface area (Å²) in [6, 6.07) is 12.6. The molecule has 2 aromatic carbocycles. The zero-order chi connectivity index (χ0) is 23.5. The van der Waals surface area contributed by atoms with Crippen molar-refractivity contribution in [3.63, 3.8) is 0 Å². The molecular weight excluding hydrogens is 454 g/mol. The van der Waals surface area contributed by atoms with Gasteiger partial charge in [0.15, 0.2) is 5.13 Å². The van der Waals surface area contributed by atoms with E-state index >= 15 is 0 Å². The van der Waals surface area contributed by atoms with Crippen LogP contribution in [0.15, 0.2) is 57.9 Å². The Hall–Kier alpha value is -3.27. The van der Waals surface area contributed by atoms with Gasteiger partial charge in [-0.05, 0) is 30.7 Å². The molecule has 1 saturated heterocycles. The normalized spacial score (nSPS) is 14.5. The SMILES string of the molecule is COc1ccc2sc(N(CCCN3CCOCC3)C(=O)c3coc4ccccc4c3=O)nc2c1. The van der Waals surface area contributed by atoms with E-state index < -0.39 is 5.91 Å². The van der Waals surface area contributed by atoms with Gasteiger partial charge in [0, 0.05) is 32.2 Å². The molecule has 0 bridgehead atoms. The molecule has 9 heteroatoms. The van der Waals surface area contributed by atoms with E-state index in [1.54, 1.807) is 36.3 Å². The van der Waals surface area contributed by atoms with Crippen LogP contribution in [0.5, 0.6) is 5.75 Å². The number of carbonyl (C=O) groups excluding carboxylic acids is 1. The summed E-state index contributed by atoms with van der Waals surface area (Å²) in [5, 5.41) is 0.929. The van der Waals surface area contributed by atoms with Crippen LogP contribution in [0.3, 0.4) is 0 Å². The van der Waals surface area contributed by atoms with Crippen LogP contribution in [-0.2, 0) is 4.74 Å². The van der Waals surface area contributed by atoms with E-state index in [2.05, 4.69) is 4.90 Å². The number of hydrogen-bond acceptors (Lipinski definition) is 8. The first-order valence-corrected chi connectivity index (χ1v) is 12.0. The first kappa shape index (κ1) is 22.5. The maximum absolute atomic E-state index is 13.7. The molecule has 34 heavy (non-hydrogen) atoms. The number of anilines is 1. The molecule has 0 unspecified atom stereocenters. The molecule has 2 aromatic heterocycles. The molecule has 0 atom stereocenters. The molecule has 1 fully saturated rings. The zero-order valence-corrected chi connectivity index (χ0v) is 19.7. The second-order valence-electron chi connectivity index (χ2n) is 8.07. The molecule has 1 aliphatic heterocycles. The van der Waals surface area contributed by atoms with Crippen LogP contribution >= 0.6 is 11.3 Å². The summed E-state index contributed by atoms with van der Waals surface area (Å²) in [5.74, 6) is 0.289. The molecule has 0 spiro atoms. The predicted octanol–water partition coefficient (Wildman–Crippen LogP) is 3.78. The molecule has 0 aliphatic carbocycles. The number of para-hydroxylation sites is 1. The maximum Gasteiger partial charge on any atom is 0.267 e. The summed E-state index contributed by atoms with van der Waals surface area (Å²) in [4.78, 5) is 35.4. The van der Waals surface area contributed by atoms with Crippen LogP contribution in [0.1, 0.15) is 16.8 Å². The topological polar surface area (TPSA) is 85.1 Å². The van der Waals surface area contributed by atoms with Crippen molar-refractivity contribution in [3.05, 3.63) is 64.5 Å². The highest BCUT2D eigenvalue weighted by Crippen LogP contribution is 2.32. The van der Waals surface area contributed by atoms with Crippen molar-refractivity contribution in [3.8, 4) is 5.75 Å². The van der Waals surface area contributed by atoms with Crippen LogP contribution in [0.4, 0.5) is 5.13 Å². The molecule has 0 saturated carbocycles. The summed E-state index contributed by atoms with van der Waals surface area (Å²) >= 11 is 1.42. The molecule has 0 N–H and O–H groups in total. The zero-order valence-electron chi connectivity index (χ0n) is 18.9. The molecular formula is C25H25N3O5S. The fraction of sp³-hybridized carbons (Fsp3) is 0.320. The quantitative estimate of drug-likeness (QED) is 0.399. The lowest BCUT2D eigenvalue weighted by Crippen LogP contribution is -2.40. The third-order valence-electron chi connectivity index (χ3n) is 5.93. The van der Waals surface area contributed by atoms with E-state index in [0.717, 1.165) is 49.5 Å². The Bertz CT molecular complexity index is 1380. The molecule has 1 aliphatic rings. The van der Waals surface area contributed by atoms with Crippen molar-refractivity contribution in [2.45, 2.75) is 6.42 Å². The third kappa shape index (κ3) is 4.54. The van der Waals surface area contributed by atoms with Gasteiger partial charge in [0.2, 0.25) is 5.43 Å². The van der Waals surface area contributed by atoms with E-state index in [4.69, 9.17) is 18.9 Å². The molecule has 0 radical (unpaired) electrons. The molecule has 4 aromatic rings. The lowest BCUT2D eigenvalue weighted by Gasteiger charge is -2.27. The van der Waals surface area contributed by atoms with E-state index in [0.29, 0.717) is 28.4 Å². The summed E-state index contributed by atoms with van der Waals surface area (Å²) in [6.45, 7) is 4.46. The highest BCUT2D eigenvalue weighted by Gasteiger charge is 2.25. The second kappa shape index (κ2) is 9.92. The standard InChI is InChI=1S/C25H25N3O5S/c1-31-17-7-8-22-20(15-17)26-25(34-22)28(10-4-9-27-11-13-32-14-12-27)24(30)19-16-33-21-6-3-2-5-18(21)23(19)29/h2-3,5-8,15-16H,4,9-14H2,1H3. The van der Waals surface area contributed by atoms with Crippen LogP contribution in [0, 0.1) is 0 Å². The van der Waals surface area contributed by atoms with Crippen LogP contribution in [-0.4, -0.2) is 62.3 Å². The van der Waals surface area contributed by atoms with Gasteiger partial charge in [-0.3, -0.25) is 19.4 Å². The monoisotopic (exact) mass is 479 g/mol. The number of ether oxygens (including phenoxy) is 2. The Morgan fingerprint density at radius 2 is 2.03 bits per heavy atom. The minimum absolute atomic E-state index is 0.00177. The van der Waals surface area contributed by atoms with Crippen molar-refractivity contribution in [1.82, 2.24) is 9.88 Å². The van der Waals surface area contributed by atoms with Crippen molar-refractivity contribution < 1.29 is 18.7 Å². The van der Waals surface area contributed by atoms with Gasteiger partial charge in [-0.2, -0.15) is 0 Å². The lowest BCUT2D eigenvalue weighted by atomic mass is 10.1. The smallest absolute Gasteiger partial charge is 0.267 e. The minimum atomic E-state index is -0.410. The van der Waals surface area contributed by atoms with Gasteiger partial charge < -0.3 is 13.9 Å². The first-order chi connectivity index (χ1) is 16.6. The van der Waals surface area contributed by atoms with E-state index in [1.165, 1.54) is 17.6 Å². The van der Waals surface area contributed by atoms with Crippen molar-refractivity contribution in [2.24, 2.45) is 0 Å². The van der Waals surface area contributed by atoms with Crippen molar-refractivity contribution >= 4 is 43.6 Å². The fourth-order valence-corrected chi connectivity index (χ4v) is 5.04. The number of hydrogen-bond donors (Lipinski definition) is 0. The van der Waals surface area contributed by atoms with E-state index in [1.807, 2.05) is 18.2 Å². The molecule has 3 heterocycles. The highest BCUT2D eigenvalue weighted by atomic mass is 32.1. The molecule has 1 amide bonds. The van der Waals surface area contributed by atoms with Crippen LogP contribution in [0.2, 0.25) is 0 Å². The first-order valence-electron chi connectivity index (χ1n) is 11.2. The molecule has 5 rings (SSSR count). The number of nitrogens with zero attached hydrogens (tertiary/aromatic N) is 3. The molecule has 176 valence electrons. The van der Waals surface area contributed by atoms with E-state index in [9.17, 15) is 9.59 Å². The number of thiazole rings is 1. The molecule has 8 nitrogen and oxygen atoms in total. The second-order valence-corrected chi connectivity index (χ2v) is 9.08. The Kier molecular flexibility index (Phi) is 6.57. The van der Waals surface area contributed by atoms with Crippen LogP contribution in [0.25, 0.3) is 21.2 Å². The number of fused-ring (bicyclic) bond motifs is 2. The van der Waals surface area contributed by atoms with Crippen molar-refractivity contribution in [2.75, 3.05) is 51.4 Å². The van der Waals surface area contributed by atoms with Crippen molar-refractivity contribution in [1.29, 1.82) is 0 Å². The number of morpholine rings is 1. The van der Waals surface area contributed by atoms with Crippen LogP contribution < -0.4 is 15.1 Å². The van der Waals surface area contributed by atoms with E-state index in [-0.39, 0.29) is 11.0 Å². The van der Waals surface area contributed by atoms with Gasteiger partial charge in [0.25, 0.3) is 5.91 Å². The highest BCUT2D eigenvalue weighted by molar-refractivity contribution is 7.22. The van der Waals surface area contributed by atoms with Gasteiger partial charge in [0.05, 0.1) is 35.9 Å². The lowest BCUT2D eigenvalue weighted by molar-refractivity contribution is 0.0376. The number of amides is 1. The van der Waals surface area contributed by atoms with Gasteiger partial charge in [-0.1, -0.05) is 23.5 Å². The summed E-state index contributed by atoms with van der Waals surface area (Å²) in [6.07, 6.45) is 2.00. The Morgan fingerprint density at radius 3 is 2.85 bits per heavy atom. The third-order valence-corrected chi connectivity index (χ3v) is 6.99. The maximum atomic E-state index is 13.7. The Labute approximate surface area is 200 Å². The van der Waals surface area contributed by atoms with Gasteiger partial charge in [-0.15, -0.1) is 0 Å².